The molecular weight excluding hydrogens is 322 g/mol. The molecule has 0 unspecified atom stereocenters. The number of hydrogen-bond donors (Lipinski definition) is 0. The van der Waals surface area contributed by atoms with Crippen LogP contribution in [0.5, 0.6) is 0 Å². The van der Waals surface area contributed by atoms with E-state index in [0.717, 1.165) is 12.0 Å². The molecule has 7 nitrogen and oxygen atoms in total. The summed E-state index contributed by atoms with van der Waals surface area (Å²) >= 11 is 0. The fourth-order valence-corrected chi connectivity index (χ4v) is 2.23. The van der Waals surface area contributed by atoms with E-state index in [1.54, 1.807) is 0 Å². The van der Waals surface area contributed by atoms with Crippen molar-refractivity contribution in [3.8, 4) is 11.5 Å². The van der Waals surface area contributed by atoms with Crippen molar-refractivity contribution in [2.75, 3.05) is 0 Å². The van der Waals surface area contributed by atoms with Gasteiger partial charge in [-0.2, -0.15) is 5.10 Å². The molecule has 0 spiro atoms. The van der Waals surface area contributed by atoms with Crippen LogP contribution in [0.1, 0.15) is 29.5 Å². The fourth-order valence-electron chi connectivity index (χ4n) is 2.23. The quantitative estimate of drug-likeness (QED) is 0.642. The number of ether oxygens (including phenoxy) is 1. The normalized spacial score (nSPS) is 10.6. The summed E-state index contributed by atoms with van der Waals surface area (Å²) in [5.41, 5.74) is 1.17. The molecule has 3 aromatic rings. The largest absolute Gasteiger partial charge is 0.454 e. The number of carbonyl (C=O) groups is 1. The lowest BCUT2D eigenvalue weighted by Crippen LogP contribution is -2.24. The summed E-state index contributed by atoms with van der Waals surface area (Å²) in [6.45, 7) is 2.33. The first kappa shape index (κ1) is 16.6. The van der Waals surface area contributed by atoms with Gasteiger partial charge >= 0.3 is 5.97 Å². The molecule has 0 amide bonds. The average molecular weight is 339 g/mol. The molecule has 2 aromatic heterocycles. The standard InChI is InChI=1S/C18H17N3O4/c1-2-10-21-16(22)9-8-15(20-21)18(23)25-12-14-11-24-17(19-14)13-6-4-3-5-7-13/h3-9,11H,2,10,12H2,1H3. The van der Waals surface area contributed by atoms with E-state index in [1.165, 1.54) is 23.1 Å². The zero-order chi connectivity index (χ0) is 17.6. The van der Waals surface area contributed by atoms with Crippen LogP contribution in [0.3, 0.4) is 0 Å². The molecule has 128 valence electrons. The Morgan fingerprint density at radius 1 is 1.20 bits per heavy atom. The Labute approximate surface area is 143 Å². The number of hydrogen-bond acceptors (Lipinski definition) is 6. The number of esters is 1. The van der Waals surface area contributed by atoms with Gasteiger partial charge in [0, 0.05) is 18.2 Å². The molecule has 3 rings (SSSR count). The van der Waals surface area contributed by atoms with Crippen LogP contribution >= 0.6 is 0 Å². The maximum atomic E-state index is 12.1. The van der Waals surface area contributed by atoms with Crippen LogP contribution < -0.4 is 5.56 Å². The number of aromatic nitrogens is 3. The van der Waals surface area contributed by atoms with E-state index in [2.05, 4.69) is 10.1 Å². The molecule has 0 saturated heterocycles. The van der Waals surface area contributed by atoms with Crippen molar-refractivity contribution < 1.29 is 13.9 Å². The molecule has 0 bridgehead atoms. The van der Waals surface area contributed by atoms with Crippen LogP contribution in [0.2, 0.25) is 0 Å². The van der Waals surface area contributed by atoms with E-state index in [1.807, 2.05) is 37.3 Å². The second-order valence-electron chi connectivity index (χ2n) is 5.37. The number of rotatable bonds is 6. The lowest BCUT2D eigenvalue weighted by atomic mass is 10.2. The molecule has 0 fully saturated rings. The Bertz CT molecular complexity index is 915. The minimum Gasteiger partial charge on any atom is -0.454 e. The lowest BCUT2D eigenvalue weighted by molar-refractivity contribution is 0.0457. The number of benzene rings is 1. The van der Waals surface area contributed by atoms with Gasteiger partial charge in [-0.15, -0.1) is 0 Å². The van der Waals surface area contributed by atoms with Gasteiger partial charge < -0.3 is 9.15 Å². The topological polar surface area (TPSA) is 87.2 Å². The van der Waals surface area contributed by atoms with Gasteiger partial charge in [0.1, 0.15) is 18.6 Å². The Kier molecular flexibility index (Phi) is 5.03. The highest BCUT2D eigenvalue weighted by molar-refractivity contribution is 5.86. The molecule has 25 heavy (non-hydrogen) atoms. The summed E-state index contributed by atoms with van der Waals surface area (Å²) in [6, 6.07) is 12.1. The Morgan fingerprint density at radius 3 is 2.76 bits per heavy atom. The zero-order valence-electron chi connectivity index (χ0n) is 13.7. The van der Waals surface area contributed by atoms with E-state index in [9.17, 15) is 9.59 Å². The van der Waals surface area contributed by atoms with Crippen LogP contribution in [-0.2, 0) is 17.9 Å². The third-order valence-electron chi connectivity index (χ3n) is 3.43. The molecule has 2 heterocycles. The predicted molar refractivity (Wildman–Crippen MR) is 89.8 cm³/mol. The Balaban J connectivity index is 1.66. The minimum atomic E-state index is -0.617. The summed E-state index contributed by atoms with van der Waals surface area (Å²) in [6.07, 6.45) is 2.19. The third kappa shape index (κ3) is 4.00. The molecule has 7 heteroatoms. The van der Waals surface area contributed by atoms with E-state index >= 15 is 0 Å². The highest BCUT2D eigenvalue weighted by atomic mass is 16.5. The monoisotopic (exact) mass is 339 g/mol. The molecule has 0 N–H and O–H groups in total. The molecule has 0 aliphatic carbocycles. The van der Waals surface area contributed by atoms with Crippen molar-refractivity contribution >= 4 is 5.97 Å². The molecule has 0 aliphatic rings. The molecule has 0 atom stereocenters. The summed E-state index contributed by atoms with van der Waals surface area (Å²) < 4.78 is 11.8. The fraction of sp³-hybridized carbons (Fsp3) is 0.222. The maximum Gasteiger partial charge on any atom is 0.359 e. The molecule has 1 aromatic carbocycles. The highest BCUT2D eigenvalue weighted by Gasteiger charge is 2.13. The smallest absolute Gasteiger partial charge is 0.359 e. The first-order valence-corrected chi connectivity index (χ1v) is 7.92. The van der Waals surface area contributed by atoms with Gasteiger partial charge in [-0.1, -0.05) is 25.1 Å². The van der Waals surface area contributed by atoms with Crippen molar-refractivity contribution in [3.05, 3.63) is 70.5 Å². The molecule has 0 saturated carbocycles. The number of nitrogens with zero attached hydrogens (tertiary/aromatic N) is 3. The van der Waals surface area contributed by atoms with Crippen molar-refractivity contribution in [2.45, 2.75) is 26.5 Å². The average Bonchev–Trinajstić information content (AvgIpc) is 3.11. The Morgan fingerprint density at radius 2 is 2.00 bits per heavy atom. The molecule has 0 aliphatic heterocycles. The number of carbonyl (C=O) groups excluding carboxylic acids is 1. The van der Waals surface area contributed by atoms with Gasteiger partial charge in [-0.3, -0.25) is 4.79 Å². The molecular formula is C18H17N3O4. The summed E-state index contributed by atoms with van der Waals surface area (Å²) in [5.74, 6) is -0.157. The van der Waals surface area contributed by atoms with Gasteiger partial charge in [0.2, 0.25) is 5.89 Å². The Hall–Kier alpha value is -3.22. The minimum absolute atomic E-state index is 0.0379. The van der Waals surface area contributed by atoms with Crippen molar-refractivity contribution in [1.82, 2.24) is 14.8 Å². The van der Waals surface area contributed by atoms with E-state index < -0.39 is 5.97 Å². The second kappa shape index (κ2) is 7.57. The third-order valence-corrected chi connectivity index (χ3v) is 3.43. The lowest BCUT2D eigenvalue weighted by Gasteiger charge is -2.05. The van der Waals surface area contributed by atoms with Crippen LogP contribution in [0.4, 0.5) is 0 Å². The van der Waals surface area contributed by atoms with Crippen LogP contribution in [0.15, 0.2) is 57.9 Å². The van der Waals surface area contributed by atoms with Crippen LogP contribution in [0, 0.1) is 0 Å². The van der Waals surface area contributed by atoms with Crippen LogP contribution in [0.25, 0.3) is 11.5 Å². The highest BCUT2D eigenvalue weighted by Crippen LogP contribution is 2.18. The van der Waals surface area contributed by atoms with Gasteiger partial charge in [-0.25, -0.2) is 14.5 Å². The molecule has 0 radical (unpaired) electrons. The summed E-state index contributed by atoms with van der Waals surface area (Å²) in [7, 11) is 0. The second-order valence-corrected chi connectivity index (χ2v) is 5.37. The first-order valence-electron chi connectivity index (χ1n) is 7.92. The summed E-state index contributed by atoms with van der Waals surface area (Å²) in [4.78, 5) is 28.0. The van der Waals surface area contributed by atoms with Crippen molar-refractivity contribution in [2.24, 2.45) is 0 Å². The zero-order valence-corrected chi connectivity index (χ0v) is 13.7. The van der Waals surface area contributed by atoms with Gasteiger partial charge in [0.05, 0.1) is 0 Å². The predicted octanol–water partition coefficient (Wildman–Crippen LogP) is 2.67. The van der Waals surface area contributed by atoms with E-state index in [-0.39, 0.29) is 17.9 Å². The van der Waals surface area contributed by atoms with Gasteiger partial charge in [-0.05, 0) is 24.6 Å². The van der Waals surface area contributed by atoms with E-state index in [0.29, 0.717) is 18.1 Å². The first-order chi connectivity index (χ1) is 12.2. The summed E-state index contributed by atoms with van der Waals surface area (Å²) in [5, 5.41) is 4.01. The van der Waals surface area contributed by atoms with Crippen molar-refractivity contribution in [1.29, 1.82) is 0 Å². The van der Waals surface area contributed by atoms with E-state index in [4.69, 9.17) is 9.15 Å². The number of aryl methyl sites for hydroxylation is 1. The van der Waals surface area contributed by atoms with Crippen molar-refractivity contribution in [3.63, 3.8) is 0 Å². The van der Waals surface area contributed by atoms with Gasteiger partial charge in [0.15, 0.2) is 5.69 Å². The SMILES string of the molecule is CCCn1nc(C(=O)OCc2coc(-c3ccccc3)n2)ccc1=O. The van der Waals surface area contributed by atoms with Gasteiger partial charge in [0.25, 0.3) is 5.56 Å². The number of oxazole rings is 1. The van der Waals surface area contributed by atoms with Crippen LogP contribution in [-0.4, -0.2) is 20.7 Å². The maximum absolute atomic E-state index is 12.1.